The first-order chi connectivity index (χ1) is 14.7. The van der Waals surface area contributed by atoms with Gasteiger partial charge in [-0.2, -0.15) is 0 Å². The van der Waals surface area contributed by atoms with Crippen molar-refractivity contribution < 1.29 is 9.59 Å². The standard InChI is InChI=1S/C26H36N2O2S/c1-7-24(26(30)27-18(2)3)28(15-22-10-8-19(4)9-11-22)25(29)17-31-16-23-13-20(5)12-21(6)14-23/h8-14,18,24H,7,15-17H2,1-6H3,(H,27,30)/t24-/m0/s1. The molecule has 2 rings (SSSR count). The molecule has 1 atom stereocenters. The molecule has 0 heterocycles. The van der Waals surface area contributed by atoms with Crippen LogP contribution < -0.4 is 5.32 Å². The van der Waals surface area contributed by atoms with Crippen molar-refractivity contribution in [3.63, 3.8) is 0 Å². The highest BCUT2D eigenvalue weighted by molar-refractivity contribution is 7.99. The fraction of sp³-hybridized carbons (Fsp3) is 0.462. The number of amides is 2. The van der Waals surface area contributed by atoms with Crippen LogP contribution in [0.15, 0.2) is 42.5 Å². The highest BCUT2D eigenvalue weighted by atomic mass is 32.2. The molecule has 0 saturated carbocycles. The number of nitrogens with one attached hydrogen (secondary N) is 1. The van der Waals surface area contributed by atoms with Gasteiger partial charge in [0.2, 0.25) is 11.8 Å². The van der Waals surface area contributed by atoms with Gasteiger partial charge in [-0.3, -0.25) is 9.59 Å². The zero-order chi connectivity index (χ0) is 23.0. The molecule has 0 spiro atoms. The number of nitrogens with zero attached hydrogens (tertiary/aromatic N) is 1. The van der Waals surface area contributed by atoms with E-state index in [0.29, 0.717) is 18.7 Å². The molecular weight excluding hydrogens is 404 g/mol. The minimum Gasteiger partial charge on any atom is -0.352 e. The van der Waals surface area contributed by atoms with Crippen LogP contribution >= 0.6 is 11.8 Å². The van der Waals surface area contributed by atoms with Crippen LogP contribution in [0.4, 0.5) is 0 Å². The molecule has 0 fully saturated rings. The lowest BCUT2D eigenvalue weighted by Crippen LogP contribution is -2.50. The van der Waals surface area contributed by atoms with Crippen LogP contribution in [0, 0.1) is 20.8 Å². The molecule has 0 unspecified atom stereocenters. The van der Waals surface area contributed by atoms with Gasteiger partial charge in [0.1, 0.15) is 6.04 Å². The van der Waals surface area contributed by atoms with Gasteiger partial charge in [-0.05, 0) is 52.2 Å². The van der Waals surface area contributed by atoms with Crippen molar-refractivity contribution in [1.82, 2.24) is 10.2 Å². The maximum atomic E-state index is 13.3. The minimum atomic E-state index is -0.474. The lowest BCUT2D eigenvalue weighted by atomic mass is 10.1. The molecule has 4 nitrogen and oxygen atoms in total. The summed E-state index contributed by atoms with van der Waals surface area (Å²) in [5.74, 6) is 1.05. The Labute approximate surface area is 191 Å². The van der Waals surface area contributed by atoms with Gasteiger partial charge in [0.15, 0.2) is 0 Å². The first kappa shape index (κ1) is 25.0. The van der Waals surface area contributed by atoms with E-state index >= 15 is 0 Å². The zero-order valence-electron chi connectivity index (χ0n) is 19.7. The number of aryl methyl sites for hydroxylation is 3. The van der Waals surface area contributed by atoms with E-state index in [4.69, 9.17) is 0 Å². The summed E-state index contributed by atoms with van der Waals surface area (Å²) in [5, 5.41) is 2.98. The van der Waals surface area contributed by atoms with E-state index in [1.165, 1.54) is 22.3 Å². The van der Waals surface area contributed by atoms with Crippen LogP contribution in [0.1, 0.15) is 55.0 Å². The lowest BCUT2D eigenvalue weighted by Gasteiger charge is -2.31. The maximum absolute atomic E-state index is 13.3. The Bertz CT molecular complexity index is 857. The number of carbonyl (C=O) groups excluding carboxylic acids is 2. The summed E-state index contributed by atoms with van der Waals surface area (Å²) < 4.78 is 0. The second-order valence-electron chi connectivity index (χ2n) is 8.58. The summed E-state index contributed by atoms with van der Waals surface area (Å²) in [4.78, 5) is 27.8. The number of hydrogen-bond donors (Lipinski definition) is 1. The summed E-state index contributed by atoms with van der Waals surface area (Å²) >= 11 is 1.60. The van der Waals surface area contributed by atoms with E-state index in [1.54, 1.807) is 16.7 Å². The minimum absolute atomic E-state index is 0.000654. The van der Waals surface area contributed by atoms with E-state index in [9.17, 15) is 9.59 Å². The Morgan fingerprint density at radius 3 is 2.10 bits per heavy atom. The highest BCUT2D eigenvalue weighted by Crippen LogP contribution is 2.19. The maximum Gasteiger partial charge on any atom is 0.243 e. The lowest BCUT2D eigenvalue weighted by molar-refractivity contribution is -0.139. The van der Waals surface area contributed by atoms with Gasteiger partial charge in [-0.1, -0.05) is 66.1 Å². The number of rotatable bonds is 10. The first-order valence-electron chi connectivity index (χ1n) is 11.0. The van der Waals surface area contributed by atoms with E-state index in [2.05, 4.69) is 37.4 Å². The Kier molecular flexibility index (Phi) is 9.63. The van der Waals surface area contributed by atoms with Crippen LogP contribution in [0.3, 0.4) is 0 Å². The van der Waals surface area contributed by atoms with Gasteiger partial charge >= 0.3 is 0 Å². The Hall–Kier alpha value is -2.27. The third-order valence-electron chi connectivity index (χ3n) is 5.07. The SMILES string of the molecule is CC[C@@H](C(=O)NC(C)C)N(Cc1ccc(C)cc1)C(=O)CSCc1cc(C)cc(C)c1. The molecule has 2 aromatic rings. The van der Waals surface area contributed by atoms with Crippen molar-refractivity contribution in [3.8, 4) is 0 Å². The van der Waals surface area contributed by atoms with E-state index in [0.717, 1.165) is 11.3 Å². The van der Waals surface area contributed by atoms with E-state index < -0.39 is 6.04 Å². The predicted octanol–water partition coefficient (Wildman–Crippen LogP) is 5.18. The molecule has 0 radical (unpaired) electrons. The molecule has 31 heavy (non-hydrogen) atoms. The molecule has 168 valence electrons. The van der Waals surface area contributed by atoms with Crippen LogP contribution in [-0.2, 0) is 21.9 Å². The smallest absolute Gasteiger partial charge is 0.243 e. The molecule has 2 aromatic carbocycles. The third-order valence-corrected chi connectivity index (χ3v) is 6.05. The largest absolute Gasteiger partial charge is 0.352 e. The van der Waals surface area contributed by atoms with Crippen molar-refractivity contribution in [2.24, 2.45) is 0 Å². The summed E-state index contributed by atoms with van der Waals surface area (Å²) in [7, 11) is 0. The number of thioether (sulfide) groups is 1. The number of carbonyl (C=O) groups is 2. The van der Waals surface area contributed by atoms with Gasteiger partial charge < -0.3 is 10.2 Å². The van der Waals surface area contributed by atoms with Crippen molar-refractivity contribution in [3.05, 3.63) is 70.3 Å². The molecule has 0 aliphatic carbocycles. The van der Waals surface area contributed by atoms with Crippen LogP contribution in [0.2, 0.25) is 0 Å². The van der Waals surface area contributed by atoms with Crippen molar-refractivity contribution in [2.45, 2.75) is 72.3 Å². The number of hydrogen-bond acceptors (Lipinski definition) is 3. The molecule has 0 aromatic heterocycles. The van der Waals surface area contributed by atoms with Gasteiger partial charge in [-0.15, -0.1) is 11.8 Å². The second-order valence-corrected chi connectivity index (χ2v) is 9.57. The molecule has 5 heteroatoms. The van der Waals surface area contributed by atoms with Crippen molar-refractivity contribution in [2.75, 3.05) is 5.75 Å². The zero-order valence-corrected chi connectivity index (χ0v) is 20.5. The van der Waals surface area contributed by atoms with Crippen LogP contribution in [0.5, 0.6) is 0 Å². The third kappa shape index (κ3) is 8.06. The quantitative estimate of drug-likeness (QED) is 0.554. The fourth-order valence-electron chi connectivity index (χ4n) is 3.68. The summed E-state index contributed by atoms with van der Waals surface area (Å²) in [6.45, 7) is 12.5. The van der Waals surface area contributed by atoms with Gasteiger partial charge in [0.25, 0.3) is 0 Å². The Balaban J connectivity index is 2.13. The molecule has 0 saturated heterocycles. The van der Waals surface area contributed by atoms with Crippen molar-refractivity contribution in [1.29, 1.82) is 0 Å². The topological polar surface area (TPSA) is 49.4 Å². The second kappa shape index (κ2) is 11.9. The van der Waals surface area contributed by atoms with Gasteiger partial charge in [-0.25, -0.2) is 0 Å². The van der Waals surface area contributed by atoms with Crippen LogP contribution in [-0.4, -0.2) is 34.6 Å². The predicted molar refractivity (Wildman–Crippen MR) is 131 cm³/mol. The molecule has 2 amide bonds. The summed E-state index contributed by atoms with van der Waals surface area (Å²) in [5.41, 5.74) is 5.91. The summed E-state index contributed by atoms with van der Waals surface area (Å²) in [6.07, 6.45) is 0.581. The Morgan fingerprint density at radius 1 is 0.935 bits per heavy atom. The molecule has 0 aliphatic heterocycles. The van der Waals surface area contributed by atoms with Crippen LogP contribution in [0.25, 0.3) is 0 Å². The van der Waals surface area contributed by atoms with Gasteiger partial charge in [0.05, 0.1) is 5.75 Å². The molecule has 1 N–H and O–H groups in total. The fourth-order valence-corrected chi connectivity index (χ4v) is 4.53. The Morgan fingerprint density at radius 2 is 1.55 bits per heavy atom. The highest BCUT2D eigenvalue weighted by Gasteiger charge is 2.28. The van der Waals surface area contributed by atoms with Gasteiger partial charge in [0, 0.05) is 18.3 Å². The average molecular weight is 441 g/mol. The monoisotopic (exact) mass is 440 g/mol. The molecule has 0 bridgehead atoms. The molecule has 0 aliphatic rings. The van der Waals surface area contributed by atoms with E-state index in [-0.39, 0.29) is 17.9 Å². The number of benzene rings is 2. The normalized spacial score (nSPS) is 12.0. The van der Waals surface area contributed by atoms with Crippen molar-refractivity contribution >= 4 is 23.6 Å². The van der Waals surface area contributed by atoms with E-state index in [1.807, 2.05) is 52.0 Å². The average Bonchev–Trinajstić information content (AvgIpc) is 2.68. The summed E-state index contributed by atoms with van der Waals surface area (Å²) in [6, 6.07) is 14.2. The molecular formula is C26H36N2O2S. The first-order valence-corrected chi connectivity index (χ1v) is 12.1.